The molecule has 3 rings (SSSR count). The van der Waals surface area contributed by atoms with E-state index in [2.05, 4.69) is 48.0 Å². The summed E-state index contributed by atoms with van der Waals surface area (Å²) in [5.74, 6) is 1.51. The number of likely N-dealkylation sites (tertiary alicyclic amines) is 1. The molecule has 2 unspecified atom stereocenters. The number of nitrogens with zero attached hydrogens (tertiary/aromatic N) is 3. The van der Waals surface area contributed by atoms with E-state index >= 15 is 0 Å². The Labute approximate surface area is 139 Å². The van der Waals surface area contributed by atoms with E-state index in [1.54, 1.807) is 0 Å². The first kappa shape index (κ1) is 16.8. The van der Waals surface area contributed by atoms with Crippen LogP contribution in [0.3, 0.4) is 0 Å². The molecule has 4 atom stereocenters. The van der Waals surface area contributed by atoms with E-state index in [0.29, 0.717) is 17.4 Å². The topological polar surface area (TPSA) is 61.3 Å². The average molecular weight is 318 g/mol. The number of aromatic nitrogens is 2. The lowest BCUT2D eigenvalue weighted by Crippen LogP contribution is -2.64. The minimum atomic E-state index is -0.249. The quantitative estimate of drug-likeness (QED) is 0.864. The van der Waals surface area contributed by atoms with Gasteiger partial charge in [0.25, 0.3) is 0 Å². The van der Waals surface area contributed by atoms with Gasteiger partial charge in [0.15, 0.2) is 0 Å². The van der Waals surface area contributed by atoms with E-state index < -0.39 is 0 Å². The molecule has 1 aliphatic heterocycles. The van der Waals surface area contributed by atoms with Crippen molar-refractivity contribution in [3.63, 3.8) is 0 Å². The summed E-state index contributed by atoms with van der Waals surface area (Å²) in [5.41, 5.74) is 1.38. The van der Waals surface area contributed by atoms with E-state index in [9.17, 15) is 5.11 Å². The van der Waals surface area contributed by atoms with Crippen molar-refractivity contribution in [2.24, 2.45) is 11.3 Å². The lowest BCUT2D eigenvalue weighted by molar-refractivity contribution is -0.0828. The molecule has 5 heteroatoms. The molecule has 5 nitrogen and oxygen atoms in total. The summed E-state index contributed by atoms with van der Waals surface area (Å²) >= 11 is 0. The Kier molecular flexibility index (Phi) is 4.72. The van der Waals surface area contributed by atoms with Gasteiger partial charge in [0, 0.05) is 55.0 Å². The molecule has 2 heterocycles. The van der Waals surface area contributed by atoms with Gasteiger partial charge in [-0.1, -0.05) is 20.8 Å². The number of hydrogen-bond donors (Lipinski definition) is 2. The Balaban J connectivity index is 1.59. The second-order valence-electron chi connectivity index (χ2n) is 7.79. The van der Waals surface area contributed by atoms with Gasteiger partial charge in [-0.05, 0) is 25.8 Å². The smallest absolute Gasteiger partial charge is 0.127 e. The van der Waals surface area contributed by atoms with Crippen molar-refractivity contribution >= 4 is 0 Å². The Morgan fingerprint density at radius 1 is 1.35 bits per heavy atom. The van der Waals surface area contributed by atoms with Crippen LogP contribution in [0.5, 0.6) is 0 Å². The second kappa shape index (κ2) is 6.46. The van der Waals surface area contributed by atoms with Gasteiger partial charge in [-0.2, -0.15) is 0 Å². The number of aliphatic hydroxyl groups is 1. The lowest BCUT2D eigenvalue weighted by atomic mass is 9.66. The van der Waals surface area contributed by atoms with Gasteiger partial charge in [0.05, 0.1) is 6.10 Å². The third-order valence-corrected chi connectivity index (χ3v) is 5.65. The SMILES string of the molecule is CCc1ncc(CN[C@@H]2CC3(C[C@H]2O)CN(C)C3C(C)C)cn1. The minimum Gasteiger partial charge on any atom is -0.391 e. The molecule has 1 saturated heterocycles. The van der Waals surface area contributed by atoms with Gasteiger partial charge in [-0.25, -0.2) is 9.97 Å². The lowest BCUT2D eigenvalue weighted by Gasteiger charge is -2.57. The van der Waals surface area contributed by atoms with Crippen LogP contribution in [0.25, 0.3) is 0 Å². The zero-order chi connectivity index (χ0) is 16.6. The molecule has 128 valence electrons. The molecule has 0 amide bonds. The predicted octanol–water partition coefficient (Wildman–Crippen LogP) is 1.61. The van der Waals surface area contributed by atoms with Crippen LogP contribution in [0.15, 0.2) is 12.4 Å². The maximum absolute atomic E-state index is 10.5. The highest BCUT2D eigenvalue weighted by Gasteiger charge is 2.57. The van der Waals surface area contributed by atoms with Gasteiger partial charge in [-0.3, -0.25) is 0 Å². The van der Waals surface area contributed by atoms with E-state index in [1.807, 2.05) is 12.4 Å². The van der Waals surface area contributed by atoms with Crippen LogP contribution < -0.4 is 5.32 Å². The van der Waals surface area contributed by atoms with E-state index in [1.165, 1.54) is 0 Å². The molecule has 1 aromatic rings. The second-order valence-corrected chi connectivity index (χ2v) is 7.79. The van der Waals surface area contributed by atoms with Crippen LogP contribution in [-0.2, 0) is 13.0 Å². The molecule has 0 radical (unpaired) electrons. The molecular formula is C18H30N4O. The molecule has 23 heavy (non-hydrogen) atoms. The normalized spacial score (nSPS) is 34.3. The van der Waals surface area contributed by atoms with Gasteiger partial charge in [-0.15, -0.1) is 0 Å². The van der Waals surface area contributed by atoms with Crippen LogP contribution in [0, 0.1) is 11.3 Å². The van der Waals surface area contributed by atoms with Gasteiger partial charge in [0.1, 0.15) is 5.82 Å². The highest BCUT2D eigenvalue weighted by molar-refractivity contribution is 5.13. The highest BCUT2D eigenvalue weighted by Crippen LogP contribution is 2.52. The molecule has 1 aliphatic carbocycles. The van der Waals surface area contributed by atoms with Gasteiger partial charge < -0.3 is 15.3 Å². The molecule has 0 aromatic carbocycles. The predicted molar refractivity (Wildman–Crippen MR) is 91.0 cm³/mol. The van der Waals surface area contributed by atoms with Crippen LogP contribution in [0.1, 0.15) is 45.0 Å². The summed E-state index contributed by atoms with van der Waals surface area (Å²) in [7, 11) is 2.20. The number of nitrogens with one attached hydrogen (secondary N) is 1. The Bertz CT molecular complexity index is 528. The van der Waals surface area contributed by atoms with Crippen LogP contribution in [0.2, 0.25) is 0 Å². The zero-order valence-corrected chi connectivity index (χ0v) is 14.8. The highest BCUT2D eigenvalue weighted by atomic mass is 16.3. The summed E-state index contributed by atoms with van der Waals surface area (Å²) in [6, 6.07) is 0.770. The zero-order valence-electron chi connectivity index (χ0n) is 14.8. The van der Waals surface area contributed by atoms with Crippen molar-refractivity contribution in [3.8, 4) is 0 Å². The van der Waals surface area contributed by atoms with E-state index in [-0.39, 0.29) is 12.1 Å². The number of hydrogen-bond acceptors (Lipinski definition) is 5. The molecule has 1 saturated carbocycles. The van der Waals surface area contributed by atoms with Crippen molar-refractivity contribution in [3.05, 3.63) is 23.8 Å². The summed E-state index contributed by atoms with van der Waals surface area (Å²) < 4.78 is 0. The number of rotatable bonds is 5. The standard InChI is InChI=1S/C18H30N4O/c1-5-16-20-9-13(10-21-16)8-19-14-6-18(7-15(14)23)11-22(4)17(18)12(2)3/h9-10,12,14-15,17,19,23H,5-8,11H2,1-4H3/t14-,15-,17?,18?/m1/s1. The van der Waals surface area contributed by atoms with Crippen molar-refractivity contribution < 1.29 is 5.11 Å². The monoisotopic (exact) mass is 318 g/mol. The van der Waals surface area contributed by atoms with Gasteiger partial charge >= 0.3 is 0 Å². The van der Waals surface area contributed by atoms with Crippen LogP contribution in [0.4, 0.5) is 0 Å². The van der Waals surface area contributed by atoms with Crippen molar-refractivity contribution in [2.45, 2.75) is 64.8 Å². The molecule has 2 N–H and O–H groups in total. The van der Waals surface area contributed by atoms with Crippen molar-refractivity contribution in [1.82, 2.24) is 20.2 Å². The Hall–Kier alpha value is -1.04. The molecule has 2 fully saturated rings. The molecule has 1 spiro atoms. The summed E-state index contributed by atoms with van der Waals surface area (Å²) in [4.78, 5) is 11.1. The molecule has 2 aliphatic rings. The maximum atomic E-state index is 10.5. The number of aliphatic hydroxyl groups excluding tert-OH is 1. The summed E-state index contributed by atoms with van der Waals surface area (Å²) in [6.07, 6.45) is 6.38. The van der Waals surface area contributed by atoms with Crippen molar-refractivity contribution in [1.29, 1.82) is 0 Å². The first-order valence-corrected chi connectivity index (χ1v) is 8.86. The number of aryl methyl sites for hydroxylation is 1. The van der Waals surface area contributed by atoms with Crippen molar-refractivity contribution in [2.75, 3.05) is 13.6 Å². The maximum Gasteiger partial charge on any atom is 0.127 e. The minimum absolute atomic E-state index is 0.177. The fourth-order valence-electron chi connectivity index (χ4n) is 4.96. The largest absolute Gasteiger partial charge is 0.391 e. The molecular weight excluding hydrogens is 288 g/mol. The fourth-order valence-corrected chi connectivity index (χ4v) is 4.96. The van der Waals surface area contributed by atoms with Crippen LogP contribution in [-0.4, -0.2) is 51.8 Å². The fraction of sp³-hybridized carbons (Fsp3) is 0.778. The van der Waals surface area contributed by atoms with E-state index in [4.69, 9.17) is 0 Å². The third-order valence-electron chi connectivity index (χ3n) is 5.65. The van der Waals surface area contributed by atoms with Crippen LogP contribution >= 0.6 is 0 Å². The summed E-state index contributed by atoms with van der Waals surface area (Å²) in [5, 5.41) is 14.1. The Morgan fingerprint density at radius 3 is 2.61 bits per heavy atom. The van der Waals surface area contributed by atoms with Gasteiger partial charge in [0.2, 0.25) is 0 Å². The average Bonchev–Trinajstić information content (AvgIpc) is 2.82. The molecule has 1 aromatic heterocycles. The first-order chi connectivity index (χ1) is 10.9. The van der Waals surface area contributed by atoms with E-state index in [0.717, 1.165) is 43.7 Å². The molecule has 0 bridgehead atoms. The first-order valence-electron chi connectivity index (χ1n) is 8.86. The third kappa shape index (κ3) is 3.14. The Morgan fingerprint density at radius 2 is 2.04 bits per heavy atom. The summed E-state index contributed by atoms with van der Waals surface area (Å²) in [6.45, 7) is 8.48.